The number of benzene rings is 2. The normalized spacial score (nSPS) is 13.6. The van der Waals surface area contributed by atoms with E-state index in [2.05, 4.69) is 5.32 Å². The largest absolute Gasteiger partial charge is 0.497 e. The van der Waals surface area contributed by atoms with Crippen LogP contribution >= 0.6 is 0 Å². The number of hydrogen-bond donors (Lipinski definition) is 1. The van der Waals surface area contributed by atoms with Crippen LogP contribution in [0.5, 0.6) is 17.2 Å². The molecule has 0 aliphatic carbocycles. The summed E-state index contributed by atoms with van der Waals surface area (Å²) in [6.45, 7) is 7.06. The summed E-state index contributed by atoms with van der Waals surface area (Å²) >= 11 is 0. The molecule has 2 amide bonds. The lowest BCUT2D eigenvalue weighted by Crippen LogP contribution is -2.34. The molecule has 2 aromatic carbocycles. The number of nitrogens with zero attached hydrogens (tertiary/aromatic N) is 1. The van der Waals surface area contributed by atoms with E-state index in [0.29, 0.717) is 53.7 Å². The van der Waals surface area contributed by atoms with Crippen LogP contribution in [0.4, 0.5) is 5.69 Å². The van der Waals surface area contributed by atoms with Gasteiger partial charge in [0.2, 0.25) is 0 Å². The molecule has 0 saturated carbocycles. The number of carbonyl (C=O) groups is 2. The Morgan fingerprint density at radius 3 is 2.12 bits per heavy atom. The fourth-order valence-corrected chi connectivity index (χ4v) is 3.61. The summed E-state index contributed by atoms with van der Waals surface area (Å²) in [7, 11) is 3.10. The molecule has 0 spiro atoms. The fourth-order valence-electron chi connectivity index (χ4n) is 3.61. The van der Waals surface area contributed by atoms with Crippen LogP contribution in [0.1, 0.15) is 32.8 Å². The second-order valence-corrected chi connectivity index (χ2v) is 7.97. The Morgan fingerprint density at radius 2 is 1.56 bits per heavy atom. The number of rotatable bonds is 12. The van der Waals surface area contributed by atoms with E-state index < -0.39 is 0 Å². The smallest absolute Gasteiger partial charge is 0.278 e. The zero-order valence-corrected chi connectivity index (χ0v) is 20.3. The highest BCUT2D eigenvalue weighted by molar-refractivity contribution is 6.36. The molecule has 0 unspecified atom stereocenters. The molecule has 0 saturated heterocycles. The molecule has 1 aliphatic heterocycles. The fraction of sp³-hybridized carbons (Fsp3) is 0.385. The number of imide groups is 1. The van der Waals surface area contributed by atoms with Crippen LogP contribution in [0.2, 0.25) is 0 Å². The molecule has 8 heteroatoms. The predicted molar refractivity (Wildman–Crippen MR) is 130 cm³/mol. The minimum absolute atomic E-state index is 0.0859. The quantitative estimate of drug-likeness (QED) is 0.371. The van der Waals surface area contributed by atoms with Gasteiger partial charge in [-0.1, -0.05) is 12.1 Å². The standard InChI is InChI=1S/C26H32N2O6/c1-6-33-20-10-8-18(9-11-20)23-24(27-19-14-21(31-4)16-22(15-19)32-5)26(30)28(25(23)29)12-7-13-34-17(2)3/h8-11,14-17,27H,6-7,12-13H2,1-5H3. The van der Waals surface area contributed by atoms with Crippen molar-refractivity contribution in [1.82, 2.24) is 4.90 Å². The van der Waals surface area contributed by atoms with E-state index >= 15 is 0 Å². The number of methoxy groups -OCH3 is 2. The zero-order chi connectivity index (χ0) is 24.7. The van der Waals surface area contributed by atoms with Crippen molar-refractivity contribution in [2.24, 2.45) is 0 Å². The summed E-state index contributed by atoms with van der Waals surface area (Å²) in [5.74, 6) is 1.07. The summed E-state index contributed by atoms with van der Waals surface area (Å²) in [6.07, 6.45) is 0.634. The van der Waals surface area contributed by atoms with Crippen molar-refractivity contribution in [2.45, 2.75) is 33.3 Å². The van der Waals surface area contributed by atoms with E-state index in [9.17, 15) is 9.59 Å². The maximum Gasteiger partial charge on any atom is 0.278 e. The van der Waals surface area contributed by atoms with Gasteiger partial charge in [0, 0.05) is 37.0 Å². The van der Waals surface area contributed by atoms with Crippen LogP contribution in [0, 0.1) is 0 Å². The molecular formula is C26H32N2O6. The van der Waals surface area contributed by atoms with Crippen LogP contribution in [0.3, 0.4) is 0 Å². The van der Waals surface area contributed by atoms with Crippen molar-refractivity contribution < 1.29 is 28.5 Å². The van der Waals surface area contributed by atoms with Gasteiger partial charge in [-0.3, -0.25) is 14.5 Å². The second kappa shape index (κ2) is 11.6. The van der Waals surface area contributed by atoms with Gasteiger partial charge in [0.1, 0.15) is 22.9 Å². The molecule has 1 aliphatic rings. The summed E-state index contributed by atoms with van der Waals surface area (Å²) in [4.78, 5) is 28.0. The number of carbonyl (C=O) groups excluding carboxylic acids is 2. The number of nitrogens with one attached hydrogen (secondary N) is 1. The Morgan fingerprint density at radius 1 is 0.912 bits per heavy atom. The molecule has 1 heterocycles. The first-order chi connectivity index (χ1) is 16.4. The first-order valence-corrected chi connectivity index (χ1v) is 11.3. The topological polar surface area (TPSA) is 86.3 Å². The maximum atomic E-state index is 13.4. The average Bonchev–Trinajstić information content (AvgIpc) is 3.06. The van der Waals surface area contributed by atoms with E-state index in [-0.39, 0.29) is 30.2 Å². The lowest BCUT2D eigenvalue weighted by molar-refractivity contribution is -0.137. The van der Waals surface area contributed by atoms with Gasteiger partial charge >= 0.3 is 0 Å². The first-order valence-electron chi connectivity index (χ1n) is 11.3. The van der Waals surface area contributed by atoms with Crippen molar-refractivity contribution >= 4 is 23.1 Å². The van der Waals surface area contributed by atoms with E-state index in [1.807, 2.05) is 20.8 Å². The highest BCUT2D eigenvalue weighted by Crippen LogP contribution is 2.33. The molecule has 0 radical (unpaired) electrons. The maximum absolute atomic E-state index is 13.4. The van der Waals surface area contributed by atoms with E-state index in [1.54, 1.807) is 56.7 Å². The SMILES string of the molecule is CCOc1ccc(C2=C(Nc3cc(OC)cc(OC)c3)C(=O)N(CCCOC(C)C)C2=O)cc1. The Hall–Kier alpha value is -3.52. The minimum Gasteiger partial charge on any atom is -0.497 e. The van der Waals surface area contributed by atoms with Crippen LogP contribution in [-0.2, 0) is 14.3 Å². The third kappa shape index (κ3) is 5.88. The van der Waals surface area contributed by atoms with Gasteiger partial charge in [0.15, 0.2) is 0 Å². The molecule has 0 fully saturated rings. The van der Waals surface area contributed by atoms with Gasteiger partial charge in [-0.2, -0.15) is 0 Å². The van der Waals surface area contributed by atoms with Crippen molar-refractivity contribution in [1.29, 1.82) is 0 Å². The van der Waals surface area contributed by atoms with Gasteiger partial charge in [-0.25, -0.2) is 0 Å². The van der Waals surface area contributed by atoms with Gasteiger partial charge in [0.25, 0.3) is 11.8 Å². The van der Waals surface area contributed by atoms with Gasteiger partial charge in [-0.05, 0) is 44.9 Å². The molecule has 8 nitrogen and oxygen atoms in total. The monoisotopic (exact) mass is 468 g/mol. The molecule has 0 atom stereocenters. The molecule has 34 heavy (non-hydrogen) atoms. The van der Waals surface area contributed by atoms with Crippen LogP contribution in [-0.4, -0.2) is 56.8 Å². The van der Waals surface area contributed by atoms with Gasteiger partial charge in [0.05, 0.1) is 32.5 Å². The molecule has 1 N–H and O–H groups in total. The summed E-state index contributed by atoms with van der Waals surface area (Å²) in [5.41, 5.74) is 1.70. The van der Waals surface area contributed by atoms with Gasteiger partial charge in [-0.15, -0.1) is 0 Å². The Kier molecular flexibility index (Phi) is 8.54. The van der Waals surface area contributed by atoms with E-state index in [1.165, 1.54) is 4.90 Å². The van der Waals surface area contributed by atoms with Gasteiger partial charge < -0.3 is 24.3 Å². The number of anilines is 1. The third-order valence-electron chi connectivity index (χ3n) is 5.22. The van der Waals surface area contributed by atoms with Crippen molar-refractivity contribution in [3.05, 3.63) is 53.7 Å². The zero-order valence-electron chi connectivity index (χ0n) is 20.3. The van der Waals surface area contributed by atoms with Crippen LogP contribution in [0.25, 0.3) is 5.57 Å². The summed E-state index contributed by atoms with van der Waals surface area (Å²) in [6, 6.07) is 12.3. The van der Waals surface area contributed by atoms with Crippen molar-refractivity contribution in [2.75, 3.05) is 39.3 Å². The number of ether oxygens (including phenoxy) is 4. The second-order valence-electron chi connectivity index (χ2n) is 7.97. The van der Waals surface area contributed by atoms with Crippen LogP contribution < -0.4 is 19.5 Å². The summed E-state index contributed by atoms with van der Waals surface area (Å²) < 4.78 is 21.8. The molecule has 0 aromatic heterocycles. The minimum atomic E-state index is -0.389. The van der Waals surface area contributed by atoms with Crippen molar-refractivity contribution in [3.8, 4) is 17.2 Å². The Bertz CT molecular complexity index is 1020. The molecular weight excluding hydrogens is 436 g/mol. The van der Waals surface area contributed by atoms with E-state index in [0.717, 1.165) is 0 Å². The number of amides is 2. The highest BCUT2D eigenvalue weighted by atomic mass is 16.5. The average molecular weight is 469 g/mol. The third-order valence-corrected chi connectivity index (χ3v) is 5.22. The molecule has 182 valence electrons. The van der Waals surface area contributed by atoms with Crippen LogP contribution in [0.15, 0.2) is 48.2 Å². The van der Waals surface area contributed by atoms with Crippen molar-refractivity contribution in [3.63, 3.8) is 0 Å². The predicted octanol–water partition coefficient (Wildman–Crippen LogP) is 4.11. The molecule has 2 aromatic rings. The highest BCUT2D eigenvalue weighted by Gasteiger charge is 2.39. The summed E-state index contributed by atoms with van der Waals surface area (Å²) in [5, 5.41) is 3.14. The molecule has 3 rings (SSSR count). The Labute approximate surface area is 200 Å². The molecule has 0 bridgehead atoms. The number of hydrogen-bond acceptors (Lipinski definition) is 7. The lowest BCUT2D eigenvalue weighted by Gasteiger charge is -2.16. The first kappa shape index (κ1) is 25.1. The van der Waals surface area contributed by atoms with E-state index in [4.69, 9.17) is 18.9 Å². The Balaban J connectivity index is 1.95. The lowest BCUT2D eigenvalue weighted by atomic mass is 10.0.